The number of hydrogen-bond donors (Lipinski definition) is 0. The molecule has 3 rings (SSSR count). The molecule has 1 atom stereocenters. The summed E-state index contributed by atoms with van der Waals surface area (Å²) in [7, 11) is 0. The van der Waals surface area contributed by atoms with Gasteiger partial charge >= 0.3 is 0 Å². The Balaban J connectivity index is 1.86. The Bertz CT molecular complexity index is 675. The van der Waals surface area contributed by atoms with Crippen molar-refractivity contribution in [2.24, 2.45) is 0 Å². The van der Waals surface area contributed by atoms with E-state index in [4.69, 9.17) is 0 Å². The van der Waals surface area contributed by atoms with Gasteiger partial charge in [-0.3, -0.25) is 0 Å². The molecule has 0 saturated heterocycles. The average Bonchev–Trinajstić information content (AvgIpc) is 2.56. The van der Waals surface area contributed by atoms with Gasteiger partial charge in [-0.05, 0) is 41.7 Å². The van der Waals surface area contributed by atoms with E-state index in [2.05, 4.69) is 94.3 Å². The van der Waals surface area contributed by atoms with Crippen molar-refractivity contribution in [1.82, 2.24) is 4.90 Å². The molecule has 0 aliphatic carbocycles. The third-order valence-electron chi connectivity index (χ3n) is 4.13. The molecule has 22 heavy (non-hydrogen) atoms. The molecule has 0 N–H and O–H groups in total. The first kappa shape index (κ1) is 15.1. The van der Waals surface area contributed by atoms with Crippen molar-refractivity contribution < 1.29 is 0 Å². The maximum absolute atomic E-state index is 4.01. The van der Waals surface area contributed by atoms with Crippen molar-refractivity contribution in [3.8, 4) is 0 Å². The van der Waals surface area contributed by atoms with Crippen LogP contribution in [0.1, 0.15) is 24.0 Å². The van der Waals surface area contributed by atoms with E-state index < -0.39 is 0 Å². The Morgan fingerprint density at radius 3 is 2.68 bits per heavy atom. The fraction of sp³-hybridized carbons (Fsp3) is 0.200. The molecule has 1 nitrogen and oxygen atoms in total. The van der Waals surface area contributed by atoms with E-state index in [1.807, 2.05) is 0 Å². The molecule has 0 unspecified atom stereocenters. The summed E-state index contributed by atoms with van der Waals surface area (Å²) in [5, 5.41) is 0. The number of halogens is 1. The molecule has 1 heterocycles. The van der Waals surface area contributed by atoms with E-state index in [1.54, 1.807) is 0 Å². The van der Waals surface area contributed by atoms with E-state index in [0.717, 1.165) is 23.9 Å². The van der Waals surface area contributed by atoms with Gasteiger partial charge in [-0.1, -0.05) is 64.5 Å². The Labute approximate surface area is 141 Å². The first-order chi connectivity index (χ1) is 10.8. The lowest BCUT2D eigenvalue weighted by atomic mass is 9.94. The smallest absolute Gasteiger partial charge is 0.0472 e. The molecule has 0 bridgehead atoms. The topological polar surface area (TPSA) is 3.24 Å². The SMILES string of the molecule is C=C[C@H]1CCC(c2ccccc2)=CN1Cc1cccc(Br)c1. The predicted molar refractivity (Wildman–Crippen MR) is 97.3 cm³/mol. The zero-order valence-electron chi connectivity index (χ0n) is 12.6. The van der Waals surface area contributed by atoms with Gasteiger partial charge in [-0.2, -0.15) is 0 Å². The van der Waals surface area contributed by atoms with E-state index in [-0.39, 0.29) is 0 Å². The van der Waals surface area contributed by atoms with Gasteiger partial charge in [0.05, 0.1) is 0 Å². The second-order valence-electron chi connectivity index (χ2n) is 5.66. The lowest BCUT2D eigenvalue weighted by Crippen LogP contribution is -2.31. The van der Waals surface area contributed by atoms with Gasteiger partial charge in [0.1, 0.15) is 0 Å². The van der Waals surface area contributed by atoms with Crippen molar-refractivity contribution in [1.29, 1.82) is 0 Å². The van der Waals surface area contributed by atoms with Crippen LogP contribution in [0.25, 0.3) is 5.57 Å². The summed E-state index contributed by atoms with van der Waals surface area (Å²) >= 11 is 3.55. The Morgan fingerprint density at radius 1 is 1.14 bits per heavy atom. The standard InChI is InChI=1S/C20H20BrN/c1-2-20-12-11-18(17-8-4-3-5-9-17)15-22(20)14-16-7-6-10-19(21)13-16/h2-10,13,15,20H,1,11-12,14H2/t20-/m0/s1. The normalized spacial score (nSPS) is 18.0. The number of rotatable bonds is 4. The molecule has 0 radical (unpaired) electrons. The molecule has 1 aliphatic heterocycles. The van der Waals surface area contributed by atoms with Gasteiger partial charge in [0, 0.05) is 23.3 Å². The van der Waals surface area contributed by atoms with E-state index in [1.165, 1.54) is 16.7 Å². The predicted octanol–water partition coefficient (Wildman–Crippen LogP) is 5.64. The van der Waals surface area contributed by atoms with Crippen LogP contribution in [-0.4, -0.2) is 10.9 Å². The minimum atomic E-state index is 0.409. The van der Waals surface area contributed by atoms with Crippen LogP contribution in [0.5, 0.6) is 0 Å². The minimum absolute atomic E-state index is 0.409. The van der Waals surface area contributed by atoms with E-state index >= 15 is 0 Å². The van der Waals surface area contributed by atoms with Crippen molar-refractivity contribution in [2.75, 3.05) is 0 Å². The molecule has 1 aliphatic rings. The Kier molecular flexibility index (Phi) is 4.79. The first-order valence-electron chi connectivity index (χ1n) is 7.65. The monoisotopic (exact) mass is 353 g/mol. The fourth-order valence-corrected chi connectivity index (χ4v) is 3.41. The highest BCUT2D eigenvalue weighted by Gasteiger charge is 2.20. The average molecular weight is 354 g/mol. The molecule has 0 fully saturated rings. The van der Waals surface area contributed by atoms with E-state index in [0.29, 0.717) is 6.04 Å². The third-order valence-corrected chi connectivity index (χ3v) is 4.62. The number of allylic oxidation sites excluding steroid dienone is 1. The summed E-state index contributed by atoms with van der Waals surface area (Å²) in [5.74, 6) is 0. The molecule has 0 amide bonds. The lowest BCUT2D eigenvalue weighted by molar-refractivity contribution is 0.289. The highest BCUT2D eigenvalue weighted by Crippen LogP contribution is 2.30. The van der Waals surface area contributed by atoms with Crippen LogP contribution in [0.3, 0.4) is 0 Å². The number of benzene rings is 2. The molecule has 2 heteroatoms. The molecule has 0 saturated carbocycles. The Morgan fingerprint density at radius 2 is 1.95 bits per heavy atom. The summed E-state index contributed by atoms with van der Waals surface area (Å²) in [6, 6.07) is 19.6. The van der Waals surface area contributed by atoms with Crippen LogP contribution in [0.15, 0.2) is 77.9 Å². The summed E-state index contributed by atoms with van der Waals surface area (Å²) in [6.45, 7) is 4.92. The lowest BCUT2D eigenvalue weighted by Gasteiger charge is -2.34. The molecule has 112 valence electrons. The fourth-order valence-electron chi connectivity index (χ4n) is 2.96. The minimum Gasteiger partial charge on any atom is -0.366 e. The van der Waals surface area contributed by atoms with Crippen molar-refractivity contribution >= 4 is 21.5 Å². The van der Waals surface area contributed by atoms with Crippen LogP contribution in [0, 0.1) is 0 Å². The molecule has 2 aromatic rings. The van der Waals surface area contributed by atoms with Gasteiger partial charge in [0.2, 0.25) is 0 Å². The van der Waals surface area contributed by atoms with Crippen LogP contribution >= 0.6 is 15.9 Å². The van der Waals surface area contributed by atoms with Crippen molar-refractivity contribution in [3.05, 3.63) is 89.1 Å². The largest absolute Gasteiger partial charge is 0.366 e. The van der Waals surface area contributed by atoms with Crippen LogP contribution < -0.4 is 0 Å². The molecule has 0 spiro atoms. The molecular formula is C20H20BrN. The van der Waals surface area contributed by atoms with Gasteiger partial charge < -0.3 is 4.90 Å². The van der Waals surface area contributed by atoms with Gasteiger partial charge in [0.25, 0.3) is 0 Å². The highest BCUT2D eigenvalue weighted by molar-refractivity contribution is 9.10. The zero-order chi connectivity index (χ0) is 15.4. The molecule has 2 aromatic carbocycles. The van der Waals surface area contributed by atoms with E-state index in [9.17, 15) is 0 Å². The third kappa shape index (κ3) is 3.50. The number of hydrogen-bond acceptors (Lipinski definition) is 1. The van der Waals surface area contributed by atoms with Gasteiger partial charge in [0.15, 0.2) is 0 Å². The Hall–Kier alpha value is -1.80. The summed E-state index contributed by atoms with van der Waals surface area (Å²) in [4.78, 5) is 2.40. The highest BCUT2D eigenvalue weighted by atomic mass is 79.9. The quantitative estimate of drug-likeness (QED) is 0.642. The summed E-state index contributed by atoms with van der Waals surface area (Å²) < 4.78 is 1.13. The zero-order valence-corrected chi connectivity index (χ0v) is 14.2. The second-order valence-corrected chi connectivity index (χ2v) is 6.58. The second kappa shape index (κ2) is 6.97. The first-order valence-corrected chi connectivity index (χ1v) is 8.44. The molecule has 0 aromatic heterocycles. The summed E-state index contributed by atoms with van der Waals surface area (Å²) in [5.41, 5.74) is 4.05. The number of nitrogens with zero attached hydrogens (tertiary/aromatic N) is 1. The van der Waals surface area contributed by atoms with Crippen LogP contribution in [0.2, 0.25) is 0 Å². The maximum Gasteiger partial charge on any atom is 0.0472 e. The van der Waals surface area contributed by atoms with Gasteiger partial charge in [-0.15, -0.1) is 6.58 Å². The van der Waals surface area contributed by atoms with Crippen molar-refractivity contribution in [3.63, 3.8) is 0 Å². The summed E-state index contributed by atoms with van der Waals surface area (Å²) in [6.07, 6.45) is 6.61. The van der Waals surface area contributed by atoms with Gasteiger partial charge in [-0.25, -0.2) is 0 Å². The van der Waals surface area contributed by atoms with Crippen LogP contribution in [0.4, 0.5) is 0 Å². The van der Waals surface area contributed by atoms with Crippen LogP contribution in [-0.2, 0) is 6.54 Å². The molecular weight excluding hydrogens is 334 g/mol. The van der Waals surface area contributed by atoms with Crippen molar-refractivity contribution in [2.45, 2.75) is 25.4 Å². The maximum atomic E-state index is 4.01.